The minimum atomic E-state index is -1.68. The maximum absolute atomic E-state index is 10.8. The standard InChI is InChI=1S/C24H31N3O6S.Na/c28-15-22(30)24(32)23(31)21(29)14-27(18-4-2-1-3-5-18)19-10-6-16(7-11-19)25-26-17-8-12-20(34-33)13-9-17;/h1-4,6,8-13,16,18,21-24,28-33H,5,7,14-15H2;/q;+1/p-1. The maximum atomic E-state index is 10.8. The summed E-state index contributed by atoms with van der Waals surface area (Å²) >= 11 is 0.422. The number of hydrogen-bond donors (Lipinski definition) is 5. The first kappa shape index (κ1) is 29.9. The van der Waals surface area contributed by atoms with Crippen molar-refractivity contribution in [2.75, 3.05) is 13.2 Å². The number of allylic oxidation sites excluding steroid dienone is 3. The van der Waals surface area contributed by atoms with Gasteiger partial charge < -0.3 is 35.0 Å². The summed E-state index contributed by atoms with van der Waals surface area (Å²) in [5.41, 5.74) is 1.49. The molecule has 1 aromatic carbocycles. The molecule has 6 atom stereocenters. The quantitative estimate of drug-likeness (QED) is 0.142. The third-order valence-electron chi connectivity index (χ3n) is 5.71. The van der Waals surface area contributed by atoms with Crippen molar-refractivity contribution in [3.05, 3.63) is 72.5 Å². The van der Waals surface area contributed by atoms with Gasteiger partial charge in [0.15, 0.2) is 0 Å². The summed E-state index contributed by atoms with van der Waals surface area (Å²) in [6, 6.07) is 6.62. The molecule has 184 valence electrons. The molecule has 0 saturated carbocycles. The Balaban J connectivity index is 0.00000432. The van der Waals surface area contributed by atoms with E-state index in [-0.39, 0.29) is 48.2 Å². The van der Waals surface area contributed by atoms with Crippen molar-refractivity contribution >= 4 is 17.7 Å². The Bertz CT molecular complexity index is 940. The van der Waals surface area contributed by atoms with Gasteiger partial charge in [0.1, 0.15) is 18.3 Å². The number of hydrogen-bond acceptors (Lipinski definition) is 10. The van der Waals surface area contributed by atoms with Crippen molar-refractivity contribution in [3.63, 3.8) is 0 Å². The van der Waals surface area contributed by atoms with Crippen LogP contribution < -0.4 is 29.6 Å². The summed E-state index contributed by atoms with van der Waals surface area (Å²) in [6.45, 7) is -0.720. The van der Waals surface area contributed by atoms with Crippen molar-refractivity contribution in [1.82, 2.24) is 4.90 Å². The monoisotopic (exact) mass is 511 g/mol. The van der Waals surface area contributed by atoms with Gasteiger partial charge in [-0.2, -0.15) is 10.2 Å². The molecular formula is C24H30N3NaO6S. The Kier molecular flexibility index (Phi) is 12.9. The van der Waals surface area contributed by atoms with Crippen LogP contribution in [0.15, 0.2) is 87.6 Å². The summed E-state index contributed by atoms with van der Waals surface area (Å²) in [6.07, 6.45) is 8.67. The largest absolute Gasteiger partial charge is 1.00 e. The minimum absolute atomic E-state index is 0. The van der Waals surface area contributed by atoms with E-state index in [2.05, 4.69) is 10.2 Å². The number of aliphatic hydroxyl groups excluding tert-OH is 5. The van der Waals surface area contributed by atoms with E-state index < -0.39 is 31.0 Å². The fraction of sp³-hybridized carbons (Fsp3) is 0.417. The molecule has 0 heterocycles. The first-order valence-corrected chi connectivity index (χ1v) is 11.8. The van der Waals surface area contributed by atoms with Gasteiger partial charge in [0, 0.05) is 12.2 Å². The van der Waals surface area contributed by atoms with Gasteiger partial charge >= 0.3 is 29.6 Å². The van der Waals surface area contributed by atoms with E-state index in [1.54, 1.807) is 24.3 Å². The predicted molar refractivity (Wildman–Crippen MR) is 128 cm³/mol. The van der Waals surface area contributed by atoms with Crippen LogP contribution >= 0.6 is 12.0 Å². The molecule has 0 aliphatic heterocycles. The smallest absolute Gasteiger partial charge is 0.795 e. The topological polar surface area (TPSA) is 152 Å². The minimum Gasteiger partial charge on any atom is -0.795 e. The Hall–Kier alpha value is -1.31. The Labute approximate surface area is 231 Å². The SMILES string of the molecule is [Na+].[O-]Sc1ccc(N=NC2C=CC(N(CC(O)C(O)C(O)C(O)CO)C3C=CC=CC3)=CC2)cc1. The molecule has 0 radical (unpaired) electrons. The molecule has 11 heteroatoms. The summed E-state index contributed by atoms with van der Waals surface area (Å²) < 4.78 is 10.8. The molecule has 0 saturated heterocycles. The van der Waals surface area contributed by atoms with Crippen molar-refractivity contribution in [1.29, 1.82) is 0 Å². The molecular weight excluding hydrogens is 481 g/mol. The Morgan fingerprint density at radius 1 is 1.00 bits per heavy atom. The van der Waals surface area contributed by atoms with Gasteiger partial charge in [-0.3, -0.25) is 0 Å². The van der Waals surface area contributed by atoms with E-state index in [1.807, 2.05) is 47.4 Å². The average Bonchev–Trinajstić information content (AvgIpc) is 2.90. The van der Waals surface area contributed by atoms with Crippen LogP contribution in [0.1, 0.15) is 12.8 Å². The number of nitrogens with zero attached hydrogens (tertiary/aromatic N) is 3. The predicted octanol–water partition coefficient (Wildman–Crippen LogP) is -1.17. The van der Waals surface area contributed by atoms with Crippen molar-refractivity contribution < 1.29 is 59.6 Å². The van der Waals surface area contributed by atoms with E-state index >= 15 is 0 Å². The number of aliphatic hydroxyl groups is 5. The molecule has 2 aliphatic rings. The molecule has 6 unspecified atom stereocenters. The molecule has 0 bridgehead atoms. The molecule has 0 amide bonds. The summed E-state index contributed by atoms with van der Waals surface area (Å²) in [4.78, 5) is 2.54. The molecule has 3 rings (SSSR count). The second-order valence-corrected chi connectivity index (χ2v) is 8.79. The van der Waals surface area contributed by atoms with Crippen molar-refractivity contribution in [3.8, 4) is 0 Å². The van der Waals surface area contributed by atoms with Crippen LogP contribution in [-0.4, -0.2) is 84.6 Å². The van der Waals surface area contributed by atoms with Gasteiger partial charge in [-0.05, 0) is 48.1 Å². The van der Waals surface area contributed by atoms with Crippen LogP contribution in [0.3, 0.4) is 0 Å². The van der Waals surface area contributed by atoms with Gasteiger partial charge in [-0.1, -0.05) is 36.5 Å². The third-order valence-corrected chi connectivity index (χ3v) is 6.18. The number of benzene rings is 1. The average molecular weight is 512 g/mol. The van der Waals surface area contributed by atoms with E-state index in [4.69, 9.17) is 5.11 Å². The molecule has 0 spiro atoms. The van der Waals surface area contributed by atoms with E-state index in [1.165, 1.54) is 0 Å². The first-order chi connectivity index (χ1) is 16.4. The second-order valence-electron chi connectivity index (χ2n) is 8.15. The van der Waals surface area contributed by atoms with Crippen LogP contribution in [0.4, 0.5) is 5.69 Å². The maximum Gasteiger partial charge on any atom is 1.00 e. The molecule has 0 fully saturated rings. The van der Waals surface area contributed by atoms with Gasteiger partial charge in [-0.15, -0.1) is 0 Å². The van der Waals surface area contributed by atoms with E-state index in [9.17, 15) is 25.0 Å². The van der Waals surface area contributed by atoms with Gasteiger partial charge in [0.25, 0.3) is 0 Å². The van der Waals surface area contributed by atoms with Crippen LogP contribution in [0.5, 0.6) is 0 Å². The normalized spacial score (nSPS) is 22.9. The van der Waals surface area contributed by atoms with Gasteiger partial charge in [0.05, 0.1) is 30.5 Å². The summed E-state index contributed by atoms with van der Waals surface area (Å²) in [5, 5.41) is 58.0. The second kappa shape index (κ2) is 15.1. The van der Waals surface area contributed by atoms with E-state index in [0.29, 0.717) is 35.5 Å². The molecule has 0 aromatic heterocycles. The molecule has 2 aliphatic carbocycles. The van der Waals surface area contributed by atoms with Crippen molar-refractivity contribution in [2.45, 2.75) is 54.2 Å². The molecule has 1 aromatic rings. The van der Waals surface area contributed by atoms with Crippen LogP contribution in [0.25, 0.3) is 0 Å². The van der Waals surface area contributed by atoms with Gasteiger partial charge in [-0.25, -0.2) is 12.0 Å². The summed E-state index contributed by atoms with van der Waals surface area (Å²) in [5.74, 6) is 0. The fourth-order valence-corrected chi connectivity index (χ4v) is 3.96. The zero-order chi connectivity index (χ0) is 24.5. The van der Waals surface area contributed by atoms with E-state index in [0.717, 1.165) is 5.70 Å². The van der Waals surface area contributed by atoms with Crippen LogP contribution in [-0.2, 0) is 0 Å². The van der Waals surface area contributed by atoms with Gasteiger partial charge in [0.2, 0.25) is 0 Å². The first-order valence-electron chi connectivity index (χ1n) is 11.0. The number of azo groups is 1. The molecule has 9 nitrogen and oxygen atoms in total. The summed E-state index contributed by atoms with van der Waals surface area (Å²) in [7, 11) is 0. The fourth-order valence-electron chi connectivity index (χ4n) is 3.71. The zero-order valence-electron chi connectivity index (χ0n) is 19.5. The number of rotatable bonds is 11. The molecule has 35 heavy (non-hydrogen) atoms. The van der Waals surface area contributed by atoms with Crippen LogP contribution in [0, 0.1) is 0 Å². The van der Waals surface area contributed by atoms with Crippen molar-refractivity contribution in [2.24, 2.45) is 10.2 Å². The molecule has 5 N–H and O–H groups in total. The third kappa shape index (κ3) is 8.64. The zero-order valence-corrected chi connectivity index (χ0v) is 22.4. The Morgan fingerprint density at radius 3 is 2.29 bits per heavy atom. The van der Waals surface area contributed by atoms with Crippen LogP contribution in [0.2, 0.25) is 0 Å². The Morgan fingerprint density at radius 2 is 1.71 bits per heavy atom.